The summed E-state index contributed by atoms with van der Waals surface area (Å²) in [5.41, 5.74) is 0.882. The van der Waals surface area contributed by atoms with Crippen molar-refractivity contribution >= 4 is 10.0 Å². The molecule has 0 spiro atoms. The second kappa shape index (κ2) is 5.86. The Morgan fingerprint density at radius 2 is 1.94 bits per heavy atom. The first-order valence-corrected chi connectivity index (χ1v) is 7.55. The Morgan fingerprint density at radius 1 is 1.33 bits per heavy atom. The fourth-order valence-electron chi connectivity index (χ4n) is 1.90. The molecule has 104 valence electrons. The average molecular weight is 274 g/mol. The predicted molar refractivity (Wildman–Crippen MR) is 72.0 cm³/mol. The summed E-state index contributed by atoms with van der Waals surface area (Å²) < 4.78 is 32.2. The first-order chi connectivity index (χ1) is 8.27. The first-order valence-electron chi connectivity index (χ1n) is 6.00. The van der Waals surface area contributed by atoms with Gasteiger partial charge in [0, 0.05) is 18.2 Å². The molecule has 0 aromatic carbocycles. The Hall–Kier alpha value is -0.850. The molecule has 1 rings (SSSR count). The minimum atomic E-state index is -3.33. The molecule has 6 heteroatoms. The molecule has 18 heavy (non-hydrogen) atoms. The maximum absolute atomic E-state index is 12.0. The number of hydrogen-bond donors (Lipinski definition) is 2. The van der Waals surface area contributed by atoms with Gasteiger partial charge in [-0.15, -0.1) is 0 Å². The molecular weight excluding hydrogens is 252 g/mol. The molecule has 0 aliphatic rings. The third kappa shape index (κ3) is 3.57. The molecule has 0 aliphatic carbocycles. The molecule has 0 amide bonds. The van der Waals surface area contributed by atoms with E-state index in [2.05, 4.69) is 10.0 Å². The molecule has 2 N–H and O–H groups in total. The smallest absolute Gasteiger partial charge is 0.216 e. The van der Waals surface area contributed by atoms with Crippen LogP contribution >= 0.6 is 0 Å². The standard InChI is InChI=1S/C12H22N2O3S/c1-8-6-12(11(4)17-8)10(3)14-18(15,16)9(2)7-13-5/h6,9-10,13-14H,7H2,1-5H3. The Morgan fingerprint density at radius 3 is 2.39 bits per heavy atom. The number of aryl methyl sites for hydroxylation is 2. The first kappa shape index (κ1) is 15.2. The highest BCUT2D eigenvalue weighted by Gasteiger charge is 2.24. The number of rotatable bonds is 6. The fourth-order valence-corrected chi connectivity index (χ4v) is 3.14. The molecule has 0 bridgehead atoms. The summed E-state index contributed by atoms with van der Waals surface area (Å²) in [5, 5.41) is 2.39. The van der Waals surface area contributed by atoms with Crippen LogP contribution in [0, 0.1) is 13.8 Å². The second-order valence-electron chi connectivity index (χ2n) is 4.62. The zero-order valence-electron chi connectivity index (χ0n) is 11.6. The van der Waals surface area contributed by atoms with Crippen molar-refractivity contribution in [3.05, 3.63) is 23.2 Å². The van der Waals surface area contributed by atoms with Gasteiger partial charge >= 0.3 is 0 Å². The van der Waals surface area contributed by atoms with Crippen LogP contribution < -0.4 is 10.0 Å². The van der Waals surface area contributed by atoms with Crippen molar-refractivity contribution in [2.45, 2.75) is 39.0 Å². The summed E-state index contributed by atoms with van der Waals surface area (Å²) in [6.07, 6.45) is 0. The Bertz CT molecular complexity index is 493. The molecular formula is C12H22N2O3S. The van der Waals surface area contributed by atoms with Gasteiger partial charge in [0.2, 0.25) is 10.0 Å². The van der Waals surface area contributed by atoms with E-state index in [1.807, 2.05) is 26.8 Å². The van der Waals surface area contributed by atoms with E-state index < -0.39 is 15.3 Å². The highest BCUT2D eigenvalue weighted by Crippen LogP contribution is 2.22. The quantitative estimate of drug-likeness (QED) is 0.824. The largest absolute Gasteiger partial charge is 0.466 e. The van der Waals surface area contributed by atoms with Gasteiger partial charge in [0.15, 0.2) is 0 Å². The molecule has 0 fully saturated rings. The van der Waals surface area contributed by atoms with Gasteiger partial charge in [-0.1, -0.05) is 0 Å². The Balaban J connectivity index is 2.81. The van der Waals surface area contributed by atoms with Crippen molar-refractivity contribution in [3.63, 3.8) is 0 Å². The third-order valence-electron chi connectivity index (χ3n) is 2.91. The van der Waals surface area contributed by atoms with Crippen LogP contribution in [-0.2, 0) is 10.0 Å². The van der Waals surface area contributed by atoms with Crippen molar-refractivity contribution in [1.29, 1.82) is 0 Å². The minimum absolute atomic E-state index is 0.285. The van der Waals surface area contributed by atoms with E-state index in [0.29, 0.717) is 6.54 Å². The zero-order chi connectivity index (χ0) is 13.9. The summed E-state index contributed by atoms with van der Waals surface area (Å²) in [6, 6.07) is 1.58. The second-order valence-corrected chi connectivity index (χ2v) is 6.75. The van der Waals surface area contributed by atoms with Gasteiger partial charge in [-0.3, -0.25) is 0 Å². The number of furan rings is 1. The van der Waals surface area contributed by atoms with Gasteiger partial charge in [-0.25, -0.2) is 13.1 Å². The molecule has 0 saturated heterocycles. The van der Waals surface area contributed by atoms with Crippen molar-refractivity contribution in [1.82, 2.24) is 10.0 Å². The molecule has 0 saturated carbocycles. The lowest BCUT2D eigenvalue weighted by molar-refractivity contribution is 0.495. The number of nitrogens with one attached hydrogen (secondary N) is 2. The van der Waals surface area contributed by atoms with E-state index in [4.69, 9.17) is 4.42 Å². The molecule has 2 atom stereocenters. The monoisotopic (exact) mass is 274 g/mol. The highest BCUT2D eigenvalue weighted by molar-refractivity contribution is 7.90. The topological polar surface area (TPSA) is 71.3 Å². The summed E-state index contributed by atoms with van der Waals surface area (Å²) in [4.78, 5) is 0. The van der Waals surface area contributed by atoms with Crippen LogP contribution in [0.5, 0.6) is 0 Å². The molecule has 1 aromatic rings. The molecule has 2 unspecified atom stereocenters. The number of hydrogen-bond acceptors (Lipinski definition) is 4. The third-order valence-corrected chi connectivity index (χ3v) is 4.82. The van der Waals surface area contributed by atoms with Gasteiger partial charge < -0.3 is 9.73 Å². The van der Waals surface area contributed by atoms with E-state index in [1.165, 1.54) is 0 Å². The lowest BCUT2D eigenvalue weighted by Gasteiger charge is -2.18. The summed E-state index contributed by atoms with van der Waals surface area (Å²) in [5.74, 6) is 1.54. The van der Waals surface area contributed by atoms with Crippen LogP contribution in [-0.4, -0.2) is 27.3 Å². The molecule has 5 nitrogen and oxygen atoms in total. The van der Waals surface area contributed by atoms with E-state index in [-0.39, 0.29) is 6.04 Å². The predicted octanol–water partition coefficient (Wildman–Crippen LogP) is 1.48. The SMILES string of the molecule is CNCC(C)S(=O)(=O)NC(C)c1cc(C)oc1C. The van der Waals surface area contributed by atoms with Gasteiger partial charge in [0.25, 0.3) is 0 Å². The van der Waals surface area contributed by atoms with Gasteiger partial charge in [-0.2, -0.15) is 0 Å². The van der Waals surface area contributed by atoms with E-state index in [9.17, 15) is 8.42 Å². The lowest BCUT2D eigenvalue weighted by atomic mass is 10.1. The Kier molecular flexibility index (Phi) is 4.95. The maximum Gasteiger partial charge on any atom is 0.216 e. The molecule has 0 aliphatic heterocycles. The molecule has 0 radical (unpaired) electrons. The van der Waals surface area contributed by atoms with E-state index in [1.54, 1.807) is 14.0 Å². The average Bonchev–Trinajstić information content (AvgIpc) is 2.57. The van der Waals surface area contributed by atoms with Crippen LogP contribution in [0.1, 0.15) is 37.0 Å². The van der Waals surface area contributed by atoms with Crippen LogP contribution in [0.4, 0.5) is 0 Å². The van der Waals surface area contributed by atoms with Gasteiger partial charge in [-0.05, 0) is 40.8 Å². The summed E-state index contributed by atoms with van der Waals surface area (Å²) in [7, 11) is -1.60. The Labute approximate surface area is 109 Å². The van der Waals surface area contributed by atoms with E-state index >= 15 is 0 Å². The van der Waals surface area contributed by atoms with Crippen LogP contribution in [0.3, 0.4) is 0 Å². The lowest BCUT2D eigenvalue weighted by Crippen LogP contribution is -2.39. The number of sulfonamides is 1. The highest BCUT2D eigenvalue weighted by atomic mass is 32.2. The zero-order valence-corrected chi connectivity index (χ0v) is 12.4. The van der Waals surface area contributed by atoms with E-state index in [0.717, 1.165) is 17.1 Å². The van der Waals surface area contributed by atoms with Gasteiger partial charge in [0.05, 0.1) is 5.25 Å². The summed E-state index contributed by atoms with van der Waals surface area (Å²) >= 11 is 0. The normalized spacial score (nSPS) is 15.6. The van der Waals surface area contributed by atoms with Crippen LogP contribution in [0.2, 0.25) is 0 Å². The summed E-state index contributed by atoms with van der Waals surface area (Å²) in [6.45, 7) is 7.61. The minimum Gasteiger partial charge on any atom is -0.466 e. The molecule has 1 heterocycles. The van der Waals surface area contributed by atoms with Crippen molar-refractivity contribution in [3.8, 4) is 0 Å². The van der Waals surface area contributed by atoms with Crippen molar-refractivity contribution in [2.24, 2.45) is 0 Å². The van der Waals surface area contributed by atoms with Gasteiger partial charge in [0.1, 0.15) is 11.5 Å². The van der Waals surface area contributed by atoms with Crippen molar-refractivity contribution in [2.75, 3.05) is 13.6 Å². The molecule has 1 aromatic heterocycles. The van der Waals surface area contributed by atoms with Crippen molar-refractivity contribution < 1.29 is 12.8 Å². The van der Waals surface area contributed by atoms with Crippen LogP contribution in [0.15, 0.2) is 10.5 Å². The maximum atomic E-state index is 12.0. The fraction of sp³-hybridized carbons (Fsp3) is 0.667. The van der Waals surface area contributed by atoms with Crippen LogP contribution in [0.25, 0.3) is 0 Å².